The Morgan fingerprint density at radius 1 is 1.15 bits per heavy atom. The molecule has 1 aliphatic rings. The summed E-state index contributed by atoms with van der Waals surface area (Å²) in [6.07, 6.45) is 1.78. The van der Waals surface area contributed by atoms with Gasteiger partial charge in [0.25, 0.3) is 11.5 Å². The number of carbonyl (C=O) groups is 1. The van der Waals surface area contributed by atoms with E-state index in [9.17, 15) is 9.59 Å². The van der Waals surface area contributed by atoms with Crippen LogP contribution in [0.4, 0.5) is 5.69 Å². The standard InChI is InChI=1S/C21H21N3O2/c1-21(2)11-10-18-23-17-12-14(8-9-16(17)20(26)24(18)13-21)19(25)22-15-6-4-3-5-7-15/h3-9,12H,10-11,13H2,1-2H3,(H,22,25). The summed E-state index contributed by atoms with van der Waals surface area (Å²) < 4.78 is 1.79. The van der Waals surface area contributed by atoms with E-state index < -0.39 is 0 Å². The second-order valence-electron chi connectivity index (χ2n) is 7.64. The molecule has 132 valence electrons. The Hall–Kier alpha value is -2.95. The van der Waals surface area contributed by atoms with Gasteiger partial charge in [-0.1, -0.05) is 32.0 Å². The molecular formula is C21H21N3O2. The molecule has 0 bridgehead atoms. The van der Waals surface area contributed by atoms with Crippen LogP contribution in [0.15, 0.2) is 53.3 Å². The Morgan fingerprint density at radius 3 is 2.69 bits per heavy atom. The van der Waals surface area contributed by atoms with Gasteiger partial charge in [0.2, 0.25) is 0 Å². The van der Waals surface area contributed by atoms with Crippen LogP contribution in [-0.4, -0.2) is 15.5 Å². The van der Waals surface area contributed by atoms with Crippen molar-refractivity contribution in [3.05, 3.63) is 70.3 Å². The summed E-state index contributed by atoms with van der Waals surface area (Å²) in [6, 6.07) is 14.4. The van der Waals surface area contributed by atoms with E-state index in [2.05, 4.69) is 24.1 Å². The molecule has 3 aromatic rings. The van der Waals surface area contributed by atoms with Crippen LogP contribution in [-0.2, 0) is 13.0 Å². The minimum atomic E-state index is -0.209. The van der Waals surface area contributed by atoms with Gasteiger partial charge in [0, 0.05) is 24.2 Å². The molecule has 0 aliphatic carbocycles. The number of aromatic nitrogens is 2. The molecule has 0 saturated carbocycles. The molecule has 5 heteroatoms. The number of para-hydroxylation sites is 1. The number of nitrogens with zero attached hydrogens (tertiary/aromatic N) is 2. The van der Waals surface area contributed by atoms with Gasteiger partial charge < -0.3 is 5.32 Å². The summed E-state index contributed by atoms with van der Waals surface area (Å²) in [5.74, 6) is 0.598. The number of amides is 1. The zero-order chi connectivity index (χ0) is 18.3. The number of hydrogen-bond acceptors (Lipinski definition) is 3. The van der Waals surface area contributed by atoms with Crippen LogP contribution in [0, 0.1) is 5.41 Å². The first kappa shape index (κ1) is 16.5. The Morgan fingerprint density at radius 2 is 1.92 bits per heavy atom. The Labute approximate surface area is 151 Å². The van der Waals surface area contributed by atoms with Gasteiger partial charge in [0.05, 0.1) is 10.9 Å². The quantitative estimate of drug-likeness (QED) is 0.770. The molecule has 0 unspecified atom stereocenters. The number of fused-ring (bicyclic) bond motifs is 2. The highest BCUT2D eigenvalue weighted by molar-refractivity contribution is 6.06. The SMILES string of the molecule is CC1(C)CCc2nc3cc(C(=O)Nc4ccccc4)ccc3c(=O)n2C1. The smallest absolute Gasteiger partial charge is 0.261 e. The first-order chi connectivity index (χ1) is 12.4. The van der Waals surface area contributed by atoms with E-state index in [1.165, 1.54) is 0 Å². The van der Waals surface area contributed by atoms with E-state index in [4.69, 9.17) is 0 Å². The lowest BCUT2D eigenvalue weighted by Crippen LogP contribution is -2.36. The highest BCUT2D eigenvalue weighted by Gasteiger charge is 2.27. The molecule has 0 atom stereocenters. The lowest BCUT2D eigenvalue weighted by molar-refractivity contribution is 0.102. The minimum Gasteiger partial charge on any atom is -0.322 e. The van der Waals surface area contributed by atoms with Crippen LogP contribution in [0.3, 0.4) is 0 Å². The van der Waals surface area contributed by atoms with E-state index >= 15 is 0 Å². The first-order valence-electron chi connectivity index (χ1n) is 8.83. The number of rotatable bonds is 2. The largest absolute Gasteiger partial charge is 0.322 e. The Kier molecular flexibility index (Phi) is 3.87. The van der Waals surface area contributed by atoms with Gasteiger partial charge in [-0.25, -0.2) is 4.98 Å². The van der Waals surface area contributed by atoms with E-state index in [1.54, 1.807) is 22.8 Å². The normalized spacial score (nSPS) is 15.5. The van der Waals surface area contributed by atoms with Crippen molar-refractivity contribution in [1.82, 2.24) is 9.55 Å². The molecular weight excluding hydrogens is 326 g/mol. The number of anilines is 1. The average molecular weight is 347 g/mol. The maximum atomic E-state index is 12.9. The number of hydrogen-bond donors (Lipinski definition) is 1. The second kappa shape index (κ2) is 6.09. The van der Waals surface area contributed by atoms with Crippen LogP contribution in [0.5, 0.6) is 0 Å². The highest BCUT2D eigenvalue weighted by Crippen LogP contribution is 2.29. The lowest BCUT2D eigenvalue weighted by Gasteiger charge is -2.31. The third-order valence-corrected chi connectivity index (χ3v) is 4.94. The first-order valence-corrected chi connectivity index (χ1v) is 8.83. The molecule has 26 heavy (non-hydrogen) atoms. The molecule has 0 radical (unpaired) electrons. The van der Waals surface area contributed by atoms with Crippen molar-refractivity contribution in [2.75, 3.05) is 5.32 Å². The van der Waals surface area contributed by atoms with E-state index in [1.807, 2.05) is 30.3 Å². The Bertz CT molecular complexity index is 1050. The van der Waals surface area contributed by atoms with Crippen LogP contribution < -0.4 is 10.9 Å². The monoisotopic (exact) mass is 347 g/mol. The molecule has 2 heterocycles. The van der Waals surface area contributed by atoms with Crippen molar-refractivity contribution in [3.8, 4) is 0 Å². The van der Waals surface area contributed by atoms with Crippen LogP contribution >= 0.6 is 0 Å². The summed E-state index contributed by atoms with van der Waals surface area (Å²) in [6.45, 7) is 5.02. The number of carbonyl (C=O) groups excluding carboxylic acids is 1. The van der Waals surface area contributed by atoms with E-state index in [0.29, 0.717) is 23.0 Å². The summed E-state index contributed by atoms with van der Waals surface area (Å²) >= 11 is 0. The fraction of sp³-hybridized carbons (Fsp3) is 0.286. The molecule has 1 aromatic heterocycles. The third-order valence-electron chi connectivity index (χ3n) is 4.94. The molecule has 1 aliphatic heterocycles. The summed E-state index contributed by atoms with van der Waals surface area (Å²) in [5, 5.41) is 3.42. The van der Waals surface area contributed by atoms with Gasteiger partial charge in [-0.05, 0) is 42.2 Å². The molecule has 0 saturated heterocycles. The van der Waals surface area contributed by atoms with Gasteiger partial charge >= 0.3 is 0 Å². The fourth-order valence-corrected chi connectivity index (χ4v) is 3.44. The van der Waals surface area contributed by atoms with Gasteiger partial charge in [-0.15, -0.1) is 0 Å². The van der Waals surface area contributed by atoms with Gasteiger partial charge in [0.15, 0.2) is 0 Å². The van der Waals surface area contributed by atoms with Crippen molar-refractivity contribution < 1.29 is 4.79 Å². The number of aryl methyl sites for hydroxylation is 1. The zero-order valence-electron chi connectivity index (χ0n) is 15.0. The predicted octanol–water partition coefficient (Wildman–Crippen LogP) is 3.62. The third kappa shape index (κ3) is 3.01. The second-order valence-corrected chi connectivity index (χ2v) is 7.64. The maximum Gasteiger partial charge on any atom is 0.261 e. The Balaban J connectivity index is 1.72. The number of benzene rings is 2. The van der Waals surface area contributed by atoms with Gasteiger partial charge in [0.1, 0.15) is 5.82 Å². The van der Waals surface area contributed by atoms with E-state index in [0.717, 1.165) is 24.4 Å². The summed E-state index contributed by atoms with van der Waals surface area (Å²) in [5.41, 5.74) is 1.89. The molecule has 0 fully saturated rings. The average Bonchev–Trinajstić information content (AvgIpc) is 2.63. The van der Waals surface area contributed by atoms with Crippen LogP contribution in [0.25, 0.3) is 10.9 Å². The maximum absolute atomic E-state index is 12.9. The number of nitrogens with one attached hydrogen (secondary N) is 1. The highest BCUT2D eigenvalue weighted by atomic mass is 16.1. The van der Waals surface area contributed by atoms with Crippen molar-refractivity contribution in [2.24, 2.45) is 5.41 Å². The van der Waals surface area contributed by atoms with Crippen molar-refractivity contribution in [2.45, 2.75) is 33.2 Å². The fourth-order valence-electron chi connectivity index (χ4n) is 3.44. The summed E-state index contributed by atoms with van der Waals surface area (Å²) in [4.78, 5) is 30.0. The van der Waals surface area contributed by atoms with Gasteiger partial charge in [-0.2, -0.15) is 0 Å². The zero-order valence-corrected chi connectivity index (χ0v) is 15.0. The molecule has 4 rings (SSSR count). The molecule has 1 amide bonds. The lowest BCUT2D eigenvalue weighted by atomic mass is 9.85. The molecule has 1 N–H and O–H groups in total. The van der Waals surface area contributed by atoms with Gasteiger partial charge in [-0.3, -0.25) is 14.2 Å². The van der Waals surface area contributed by atoms with Crippen molar-refractivity contribution in [3.63, 3.8) is 0 Å². The van der Waals surface area contributed by atoms with Crippen LogP contribution in [0.2, 0.25) is 0 Å². The molecule has 2 aromatic carbocycles. The molecule has 0 spiro atoms. The summed E-state index contributed by atoms with van der Waals surface area (Å²) in [7, 11) is 0. The van der Waals surface area contributed by atoms with Crippen molar-refractivity contribution in [1.29, 1.82) is 0 Å². The molecule has 5 nitrogen and oxygen atoms in total. The van der Waals surface area contributed by atoms with Crippen LogP contribution in [0.1, 0.15) is 36.5 Å². The topological polar surface area (TPSA) is 64.0 Å². The van der Waals surface area contributed by atoms with Crippen molar-refractivity contribution >= 4 is 22.5 Å². The van der Waals surface area contributed by atoms with E-state index in [-0.39, 0.29) is 16.9 Å². The minimum absolute atomic E-state index is 0.0206. The predicted molar refractivity (Wildman–Crippen MR) is 103 cm³/mol.